The Bertz CT molecular complexity index is 972. The van der Waals surface area contributed by atoms with Crippen molar-refractivity contribution in [3.05, 3.63) is 47.5 Å². The largest absolute Gasteiger partial charge is 0.454 e. The van der Waals surface area contributed by atoms with E-state index in [0.29, 0.717) is 11.5 Å². The Hall–Kier alpha value is -2.58. The van der Waals surface area contributed by atoms with Crippen LogP contribution in [0.4, 0.5) is 5.69 Å². The number of sulfonamides is 1. The number of carbonyl (C=O) groups is 1. The molecule has 0 aromatic heterocycles. The molecule has 0 aliphatic carbocycles. The Morgan fingerprint density at radius 3 is 2.63 bits per heavy atom. The number of carbonyl (C=O) groups excluding carboxylic acids is 1. The monoisotopic (exact) mass is 390 g/mol. The van der Waals surface area contributed by atoms with Crippen LogP contribution in [0.25, 0.3) is 0 Å². The maximum Gasteiger partial charge on any atom is 0.240 e. The summed E-state index contributed by atoms with van der Waals surface area (Å²) < 4.78 is 38.0. The van der Waals surface area contributed by atoms with E-state index in [4.69, 9.17) is 9.47 Å². The lowest BCUT2D eigenvalue weighted by Gasteiger charge is -2.24. The molecule has 1 heterocycles. The average Bonchev–Trinajstić information content (AvgIpc) is 3.09. The van der Waals surface area contributed by atoms with Crippen LogP contribution in [-0.2, 0) is 14.8 Å². The lowest BCUT2D eigenvalue weighted by molar-refractivity contribution is -0.116. The van der Waals surface area contributed by atoms with Crippen molar-refractivity contribution in [1.29, 1.82) is 0 Å². The summed E-state index contributed by atoms with van der Waals surface area (Å²) in [6, 6.07) is 10.2. The highest BCUT2D eigenvalue weighted by Gasteiger charge is 2.21. The molecule has 27 heavy (non-hydrogen) atoms. The second-order valence-electron chi connectivity index (χ2n) is 6.30. The van der Waals surface area contributed by atoms with Crippen LogP contribution in [0.15, 0.2) is 41.3 Å². The highest BCUT2D eigenvalue weighted by Crippen LogP contribution is 2.33. The number of amides is 1. The first-order valence-electron chi connectivity index (χ1n) is 8.53. The van der Waals surface area contributed by atoms with E-state index in [1.807, 2.05) is 32.0 Å². The first kappa shape index (κ1) is 19.2. The van der Waals surface area contributed by atoms with Crippen LogP contribution in [0, 0.1) is 13.8 Å². The quantitative estimate of drug-likeness (QED) is 0.819. The van der Waals surface area contributed by atoms with Crippen LogP contribution in [-0.4, -0.2) is 34.2 Å². The minimum atomic E-state index is -3.73. The van der Waals surface area contributed by atoms with Gasteiger partial charge in [-0.3, -0.25) is 4.79 Å². The fourth-order valence-corrected chi connectivity index (χ4v) is 3.93. The van der Waals surface area contributed by atoms with Gasteiger partial charge in [-0.15, -0.1) is 0 Å². The maximum absolute atomic E-state index is 12.5. The molecule has 0 radical (unpaired) electrons. The zero-order valence-electron chi connectivity index (χ0n) is 15.5. The highest BCUT2D eigenvalue weighted by atomic mass is 32.2. The van der Waals surface area contributed by atoms with E-state index in [0.717, 1.165) is 16.8 Å². The molecule has 8 heteroatoms. The first-order valence-corrected chi connectivity index (χ1v) is 10.0. The molecule has 0 bridgehead atoms. The topological polar surface area (TPSA) is 84.9 Å². The molecule has 144 valence electrons. The average molecular weight is 390 g/mol. The Kier molecular flexibility index (Phi) is 5.38. The number of ether oxygens (including phenoxy) is 2. The summed E-state index contributed by atoms with van der Waals surface area (Å²) in [4.78, 5) is 13.7. The molecular formula is C19H22N2O5S. The van der Waals surface area contributed by atoms with Gasteiger partial charge in [-0.25, -0.2) is 13.1 Å². The number of anilines is 1. The molecule has 1 amide bonds. The van der Waals surface area contributed by atoms with E-state index in [9.17, 15) is 13.2 Å². The second-order valence-corrected chi connectivity index (χ2v) is 8.07. The molecule has 0 spiro atoms. The van der Waals surface area contributed by atoms with Gasteiger partial charge in [0.25, 0.3) is 0 Å². The van der Waals surface area contributed by atoms with E-state index < -0.39 is 10.0 Å². The number of fused-ring (bicyclic) bond motifs is 1. The van der Waals surface area contributed by atoms with Gasteiger partial charge in [-0.1, -0.05) is 12.1 Å². The molecule has 2 aromatic carbocycles. The Morgan fingerprint density at radius 2 is 1.89 bits per heavy atom. The van der Waals surface area contributed by atoms with E-state index in [1.165, 1.54) is 19.1 Å². The van der Waals surface area contributed by atoms with Crippen LogP contribution in [0.3, 0.4) is 0 Å². The molecular weight excluding hydrogens is 368 g/mol. The van der Waals surface area contributed by atoms with Gasteiger partial charge in [-0.05, 0) is 43.2 Å². The van der Waals surface area contributed by atoms with Gasteiger partial charge < -0.3 is 14.4 Å². The zero-order chi connectivity index (χ0) is 19.6. The number of benzene rings is 2. The molecule has 1 aliphatic rings. The lowest BCUT2D eigenvalue weighted by atomic mass is 10.1. The lowest BCUT2D eigenvalue weighted by Crippen LogP contribution is -2.38. The highest BCUT2D eigenvalue weighted by molar-refractivity contribution is 7.89. The van der Waals surface area contributed by atoms with E-state index in [1.54, 1.807) is 11.0 Å². The van der Waals surface area contributed by atoms with Crippen LogP contribution in [0.2, 0.25) is 0 Å². The van der Waals surface area contributed by atoms with Crippen molar-refractivity contribution in [2.75, 3.05) is 24.8 Å². The van der Waals surface area contributed by atoms with Crippen molar-refractivity contribution >= 4 is 21.6 Å². The van der Waals surface area contributed by atoms with Crippen molar-refractivity contribution in [2.24, 2.45) is 0 Å². The maximum atomic E-state index is 12.5. The second kappa shape index (κ2) is 7.58. The number of nitrogens with zero attached hydrogens (tertiary/aromatic N) is 1. The summed E-state index contributed by atoms with van der Waals surface area (Å²) in [7, 11) is -3.73. The number of rotatable bonds is 6. The van der Waals surface area contributed by atoms with Gasteiger partial charge in [0, 0.05) is 31.8 Å². The van der Waals surface area contributed by atoms with Gasteiger partial charge in [0.2, 0.25) is 22.7 Å². The SMILES string of the molecule is CC(=O)N(CCNS(=O)(=O)c1ccc2c(c1)OCO2)c1cccc(C)c1C. The predicted octanol–water partition coefficient (Wildman–Crippen LogP) is 2.36. The predicted molar refractivity (Wildman–Crippen MR) is 102 cm³/mol. The summed E-state index contributed by atoms with van der Waals surface area (Å²) in [6.07, 6.45) is 0. The molecule has 0 unspecified atom stereocenters. The van der Waals surface area contributed by atoms with E-state index >= 15 is 0 Å². The fourth-order valence-electron chi connectivity index (χ4n) is 2.89. The van der Waals surface area contributed by atoms with Crippen molar-refractivity contribution in [3.8, 4) is 11.5 Å². The van der Waals surface area contributed by atoms with Crippen molar-refractivity contribution < 1.29 is 22.7 Å². The molecule has 0 saturated carbocycles. The third kappa shape index (κ3) is 4.06. The van der Waals surface area contributed by atoms with E-state index in [-0.39, 0.29) is 30.7 Å². The van der Waals surface area contributed by atoms with Crippen molar-refractivity contribution in [3.63, 3.8) is 0 Å². The Balaban J connectivity index is 1.71. The number of nitrogens with one attached hydrogen (secondary N) is 1. The standard InChI is InChI=1S/C19H22N2O5S/c1-13-5-4-6-17(14(13)2)21(15(3)22)10-9-20-27(23,24)16-7-8-18-19(11-16)26-12-25-18/h4-8,11,20H,9-10,12H2,1-3H3. The molecule has 0 atom stereocenters. The molecule has 3 rings (SSSR count). The normalized spacial score (nSPS) is 12.9. The summed E-state index contributed by atoms with van der Waals surface area (Å²) in [5.41, 5.74) is 2.84. The van der Waals surface area contributed by atoms with Gasteiger partial charge >= 0.3 is 0 Å². The van der Waals surface area contributed by atoms with Crippen LogP contribution < -0.4 is 19.1 Å². The first-order chi connectivity index (χ1) is 12.8. The Morgan fingerprint density at radius 1 is 1.15 bits per heavy atom. The van der Waals surface area contributed by atoms with Crippen LogP contribution in [0.5, 0.6) is 11.5 Å². The zero-order valence-corrected chi connectivity index (χ0v) is 16.3. The molecule has 0 fully saturated rings. The molecule has 1 aliphatic heterocycles. The van der Waals surface area contributed by atoms with Gasteiger partial charge in [0.05, 0.1) is 4.90 Å². The van der Waals surface area contributed by atoms with Crippen molar-refractivity contribution in [1.82, 2.24) is 4.72 Å². The summed E-state index contributed by atoms with van der Waals surface area (Å²) in [6.45, 7) is 5.77. The molecule has 2 aromatic rings. The molecule has 1 N–H and O–H groups in total. The number of hydrogen-bond acceptors (Lipinski definition) is 5. The fraction of sp³-hybridized carbons (Fsp3) is 0.316. The molecule has 7 nitrogen and oxygen atoms in total. The summed E-state index contributed by atoms with van der Waals surface area (Å²) in [5, 5.41) is 0. The number of aryl methyl sites for hydroxylation is 1. The Labute approximate surface area is 158 Å². The van der Waals surface area contributed by atoms with Gasteiger partial charge in [-0.2, -0.15) is 0 Å². The summed E-state index contributed by atoms with van der Waals surface area (Å²) in [5.74, 6) is 0.774. The minimum absolute atomic E-state index is 0.0790. The smallest absolute Gasteiger partial charge is 0.240 e. The van der Waals surface area contributed by atoms with Crippen LogP contribution in [0.1, 0.15) is 18.1 Å². The van der Waals surface area contributed by atoms with Crippen LogP contribution >= 0.6 is 0 Å². The summed E-state index contributed by atoms with van der Waals surface area (Å²) >= 11 is 0. The van der Waals surface area contributed by atoms with Crippen molar-refractivity contribution in [2.45, 2.75) is 25.7 Å². The third-order valence-corrected chi connectivity index (χ3v) is 5.99. The third-order valence-electron chi connectivity index (χ3n) is 4.53. The van der Waals surface area contributed by atoms with Gasteiger partial charge in [0.1, 0.15) is 0 Å². The van der Waals surface area contributed by atoms with E-state index in [2.05, 4.69) is 4.72 Å². The van der Waals surface area contributed by atoms with Gasteiger partial charge in [0.15, 0.2) is 11.5 Å². The number of hydrogen-bond donors (Lipinski definition) is 1. The minimum Gasteiger partial charge on any atom is -0.454 e. The molecule has 0 saturated heterocycles.